The summed E-state index contributed by atoms with van der Waals surface area (Å²) in [6, 6.07) is -0.117. The van der Waals surface area contributed by atoms with Crippen molar-refractivity contribution in [2.24, 2.45) is 0 Å². The SMILES string of the molecule is CCC[C@H](C(=O)OC(C)(C)C)N1CCC[C@H]1CNC(=O)OC(C)(C)C. The van der Waals surface area contributed by atoms with Crippen LogP contribution >= 0.6 is 0 Å². The van der Waals surface area contributed by atoms with E-state index >= 15 is 0 Å². The average molecular weight is 357 g/mol. The third-order valence-electron chi connectivity index (χ3n) is 3.94. The summed E-state index contributed by atoms with van der Waals surface area (Å²) in [6.07, 6.45) is 3.23. The molecule has 6 heteroatoms. The van der Waals surface area contributed by atoms with E-state index in [2.05, 4.69) is 17.1 Å². The lowest BCUT2D eigenvalue weighted by Gasteiger charge is -2.33. The maximum Gasteiger partial charge on any atom is 0.407 e. The highest BCUT2D eigenvalue weighted by molar-refractivity contribution is 5.76. The summed E-state index contributed by atoms with van der Waals surface area (Å²) in [5.41, 5.74) is -1.01. The lowest BCUT2D eigenvalue weighted by atomic mass is 10.1. The second-order valence-corrected chi connectivity index (χ2v) is 8.75. The van der Waals surface area contributed by atoms with Gasteiger partial charge in [0.25, 0.3) is 0 Å². The highest BCUT2D eigenvalue weighted by Crippen LogP contribution is 2.24. The van der Waals surface area contributed by atoms with Gasteiger partial charge in [-0.3, -0.25) is 9.69 Å². The Labute approximate surface area is 152 Å². The van der Waals surface area contributed by atoms with Gasteiger partial charge in [-0.05, 0) is 67.3 Å². The van der Waals surface area contributed by atoms with Crippen molar-refractivity contribution in [3.05, 3.63) is 0 Å². The molecule has 1 aliphatic rings. The largest absolute Gasteiger partial charge is 0.459 e. The van der Waals surface area contributed by atoms with Crippen molar-refractivity contribution < 1.29 is 19.1 Å². The summed E-state index contributed by atoms with van der Waals surface area (Å²) in [5.74, 6) is -0.168. The molecule has 25 heavy (non-hydrogen) atoms. The number of rotatable bonds is 6. The molecular weight excluding hydrogens is 320 g/mol. The van der Waals surface area contributed by atoms with Crippen LogP contribution in [0.25, 0.3) is 0 Å². The molecule has 1 N–H and O–H groups in total. The number of esters is 1. The van der Waals surface area contributed by atoms with Crippen LogP contribution in [0.15, 0.2) is 0 Å². The smallest absolute Gasteiger partial charge is 0.407 e. The third-order valence-corrected chi connectivity index (χ3v) is 3.94. The van der Waals surface area contributed by atoms with E-state index in [0.29, 0.717) is 6.54 Å². The molecule has 2 atom stereocenters. The number of hydrogen-bond donors (Lipinski definition) is 1. The molecule has 0 spiro atoms. The van der Waals surface area contributed by atoms with Gasteiger partial charge in [-0.15, -0.1) is 0 Å². The van der Waals surface area contributed by atoms with Gasteiger partial charge < -0.3 is 14.8 Å². The summed E-state index contributed by atoms with van der Waals surface area (Å²) in [4.78, 5) is 26.7. The molecule has 0 aliphatic carbocycles. The van der Waals surface area contributed by atoms with Crippen LogP contribution < -0.4 is 5.32 Å². The van der Waals surface area contributed by atoms with Gasteiger partial charge in [0.2, 0.25) is 0 Å². The molecule has 0 radical (unpaired) electrons. The second-order valence-electron chi connectivity index (χ2n) is 8.75. The molecule has 1 rings (SSSR count). The van der Waals surface area contributed by atoms with Crippen LogP contribution in [-0.4, -0.2) is 53.3 Å². The van der Waals surface area contributed by atoms with E-state index in [1.807, 2.05) is 41.5 Å². The second kappa shape index (κ2) is 8.88. The van der Waals surface area contributed by atoms with Gasteiger partial charge in [0.05, 0.1) is 0 Å². The Morgan fingerprint density at radius 2 is 1.72 bits per heavy atom. The number of nitrogens with one attached hydrogen (secondary N) is 1. The van der Waals surface area contributed by atoms with E-state index < -0.39 is 17.3 Å². The zero-order chi connectivity index (χ0) is 19.3. The van der Waals surface area contributed by atoms with E-state index in [1.54, 1.807) is 0 Å². The predicted octanol–water partition coefficient (Wildman–Crippen LogP) is 3.49. The number of ether oxygens (including phenoxy) is 2. The van der Waals surface area contributed by atoms with Gasteiger partial charge in [-0.2, -0.15) is 0 Å². The number of likely N-dealkylation sites (tertiary alicyclic amines) is 1. The van der Waals surface area contributed by atoms with E-state index in [1.165, 1.54) is 0 Å². The first-order valence-corrected chi connectivity index (χ1v) is 9.38. The normalized spacial score (nSPS) is 20.2. The molecule has 1 heterocycles. The van der Waals surface area contributed by atoms with Crippen LogP contribution in [0.4, 0.5) is 4.79 Å². The van der Waals surface area contributed by atoms with Gasteiger partial charge in [0, 0.05) is 12.6 Å². The minimum absolute atomic E-state index is 0.136. The molecule has 1 fully saturated rings. The summed E-state index contributed by atoms with van der Waals surface area (Å²) in [7, 11) is 0. The van der Waals surface area contributed by atoms with Crippen molar-refractivity contribution in [1.82, 2.24) is 10.2 Å². The number of hydrogen-bond acceptors (Lipinski definition) is 5. The first kappa shape index (κ1) is 21.7. The van der Waals surface area contributed by atoms with E-state index in [4.69, 9.17) is 9.47 Å². The Morgan fingerprint density at radius 3 is 2.24 bits per heavy atom. The first-order chi connectivity index (χ1) is 11.4. The minimum atomic E-state index is -0.513. The molecular formula is C19H36N2O4. The van der Waals surface area contributed by atoms with Gasteiger partial charge in [0.15, 0.2) is 0 Å². The van der Waals surface area contributed by atoms with Crippen LogP contribution in [0.3, 0.4) is 0 Å². The lowest BCUT2D eigenvalue weighted by molar-refractivity contribution is -0.162. The standard InChI is InChI=1S/C19H36N2O4/c1-8-10-15(16(22)24-18(2,3)4)21-12-9-11-14(21)13-20-17(23)25-19(5,6)7/h14-15H,8-13H2,1-7H3,(H,20,23)/t14-,15+/m0/s1. The minimum Gasteiger partial charge on any atom is -0.459 e. The molecule has 0 unspecified atom stereocenters. The van der Waals surface area contributed by atoms with Crippen molar-refractivity contribution in [1.29, 1.82) is 0 Å². The lowest BCUT2D eigenvalue weighted by Crippen LogP contribution is -2.50. The predicted molar refractivity (Wildman–Crippen MR) is 98.5 cm³/mol. The Kier molecular flexibility index (Phi) is 7.72. The van der Waals surface area contributed by atoms with Crippen LogP contribution in [0.2, 0.25) is 0 Å². The molecule has 1 amide bonds. The number of alkyl carbamates (subject to hydrolysis) is 1. The molecule has 0 bridgehead atoms. The number of amides is 1. The summed E-state index contributed by atoms with van der Waals surface area (Å²) < 4.78 is 10.9. The molecule has 146 valence electrons. The zero-order valence-corrected chi connectivity index (χ0v) is 17.0. The fraction of sp³-hybridized carbons (Fsp3) is 0.895. The maximum absolute atomic E-state index is 12.6. The molecule has 1 aliphatic heterocycles. The van der Waals surface area contributed by atoms with Crippen molar-refractivity contribution >= 4 is 12.1 Å². The highest BCUT2D eigenvalue weighted by atomic mass is 16.6. The monoisotopic (exact) mass is 356 g/mol. The Hall–Kier alpha value is -1.30. The Bertz CT molecular complexity index is 451. The fourth-order valence-corrected chi connectivity index (χ4v) is 3.07. The number of nitrogens with zero attached hydrogens (tertiary/aromatic N) is 1. The van der Waals surface area contributed by atoms with Crippen LogP contribution in [0, 0.1) is 0 Å². The number of carbonyl (C=O) groups is 2. The van der Waals surface area contributed by atoms with Crippen molar-refractivity contribution in [3.63, 3.8) is 0 Å². The Balaban J connectivity index is 2.68. The highest BCUT2D eigenvalue weighted by Gasteiger charge is 2.36. The topological polar surface area (TPSA) is 67.9 Å². The van der Waals surface area contributed by atoms with Gasteiger partial charge in [-0.25, -0.2) is 4.79 Å². The van der Waals surface area contributed by atoms with Gasteiger partial charge in [0.1, 0.15) is 17.2 Å². The van der Waals surface area contributed by atoms with Crippen molar-refractivity contribution in [3.8, 4) is 0 Å². The van der Waals surface area contributed by atoms with E-state index in [0.717, 1.165) is 32.2 Å². The maximum atomic E-state index is 12.6. The van der Waals surface area contributed by atoms with Crippen molar-refractivity contribution in [2.75, 3.05) is 13.1 Å². The third kappa shape index (κ3) is 8.08. The molecule has 1 saturated heterocycles. The molecule has 0 aromatic heterocycles. The van der Waals surface area contributed by atoms with Crippen molar-refractivity contribution in [2.45, 2.75) is 97.4 Å². The van der Waals surface area contributed by atoms with Crippen LogP contribution in [0.1, 0.15) is 74.1 Å². The quantitative estimate of drug-likeness (QED) is 0.738. The molecule has 0 saturated carbocycles. The summed E-state index contributed by atoms with van der Waals surface area (Å²) in [5, 5.41) is 2.84. The molecule has 0 aromatic carbocycles. The molecule has 0 aromatic rings. The summed E-state index contributed by atoms with van der Waals surface area (Å²) >= 11 is 0. The zero-order valence-electron chi connectivity index (χ0n) is 17.0. The van der Waals surface area contributed by atoms with Crippen LogP contribution in [0.5, 0.6) is 0 Å². The fourth-order valence-electron chi connectivity index (χ4n) is 3.07. The summed E-state index contributed by atoms with van der Waals surface area (Å²) in [6.45, 7) is 14.6. The molecule has 6 nitrogen and oxygen atoms in total. The van der Waals surface area contributed by atoms with Gasteiger partial charge >= 0.3 is 12.1 Å². The average Bonchev–Trinajstić information content (AvgIpc) is 2.86. The number of carbonyl (C=O) groups excluding carboxylic acids is 2. The first-order valence-electron chi connectivity index (χ1n) is 9.38. The van der Waals surface area contributed by atoms with Crippen LogP contribution in [-0.2, 0) is 14.3 Å². The van der Waals surface area contributed by atoms with Gasteiger partial charge in [-0.1, -0.05) is 13.3 Å². The van der Waals surface area contributed by atoms with E-state index in [9.17, 15) is 9.59 Å². The Morgan fingerprint density at radius 1 is 1.12 bits per heavy atom. The van der Waals surface area contributed by atoms with E-state index in [-0.39, 0.29) is 18.1 Å².